The Morgan fingerprint density at radius 2 is 1.75 bits per heavy atom. The van der Waals surface area contributed by atoms with Crippen molar-refractivity contribution in [2.75, 3.05) is 6.61 Å². The molecule has 0 amide bonds. The molecule has 1 rings (SSSR count). The first-order valence-corrected chi connectivity index (χ1v) is 7.49. The van der Waals surface area contributed by atoms with Crippen LogP contribution in [-0.2, 0) is 14.5 Å². The summed E-state index contributed by atoms with van der Waals surface area (Å²) in [5.41, 5.74) is -0.345. The monoisotopic (exact) mass is 292 g/mol. The minimum Gasteiger partial charge on any atom is -0.770 e. The van der Waals surface area contributed by atoms with Crippen LogP contribution in [0.3, 0.4) is 0 Å². The average molecular weight is 292 g/mol. The van der Waals surface area contributed by atoms with Crippen molar-refractivity contribution in [2.24, 2.45) is 0 Å². The summed E-state index contributed by atoms with van der Waals surface area (Å²) < 4.78 is 20.4. The Hall–Kier alpha value is -0.563. The molecule has 106 valence electrons. The number of hydrogen-bond donors (Lipinski definition) is 0. The summed E-state index contributed by atoms with van der Waals surface area (Å²) in [5.74, 6) is 0.175. The molecule has 20 heavy (non-hydrogen) atoms. The van der Waals surface area contributed by atoms with Crippen LogP contribution in [0, 0.1) is 0 Å². The van der Waals surface area contributed by atoms with Gasteiger partial charge in [-0.15, -0.1) is 0 Å². The summed E-state index contributed by atoms with van der Waals surface area (Å²) in [5, 5.41) is 0. The van der Waals surface area contributed by atoms with Crippen molar-refractivity contribution in [3.8, 4) is 5.75 Å². The third kappa shape index (κ3) is 5.44. The van der Waals surface area contributed by atoms with Gasteiger partial charge in [-0.05, 0) is 30.0 Å². The first kappa shape index (κ1) is 19.4. The van der Waals surface area contributed by atoms with E-state index >= 15 is 0 Å². The van der Waals surface area contributed by atoms with Crippen LogP contribution in [0.1, 0.15) is 33.3 Å². The van der Waals surface area contributed by atoms with Crippen molar-refractivity contribution >= 4 is 13.3 Å². The number of carbonyl (C=O) groups excluding carboxylic acids is 1. The van der Waals surface area contributed by atoms with Gasteiger partial charge in [0.2, 0.25) is 7.60 Å². The van der Waals surface area contributed by atoms with Gasteiger partial charge in [0.15, 0.2) is 0 Å². The van der Waals surface area contributed by atoms with E-state index in [1.807, 2.05) is 0 Å². The van der Waals surface area contributed by atoms with Crippen LogP contribution >= 0.6 is 7.60 Å². The molecule has 0 aliphatic carbocycles. The van der Waals surface area contributed by atoms with Gasteiger partial charge in [0.25, 0.3) is 0 Å². The number of ether oxygens (including phenoxy) is 1. The topological polar surface area (TPSA) is 75.7 Å². The molecular weight excluding hydrogens is 274 g/mol. The van der Waals surface area contributed by atoms with E-state index in [1.165, 1.54) is 6.92 Å². The summed E-state index contributed by atoms with van der Waals surface area (Å²) >= 11 is 0. The molecule has 0 aromatic heterocycles. The van der Waals surface area contributed by atoms with Crippen LogP contribution in [-0.4, -0.2) is 12.3 Å². The molecule has 0 radical (unpaired) electrons. The molecule has 0 N–H and O–H groups in total. The molecule has 0 aliphatic heterocycles. The predicted octanol–water partition coefficient (Wildman–Crippen LogP) is 0.0768. The van der Waals surface area contributed by atoms with Crippen molar-refractivity contribution in [1.82, 2.24) is 0 Å². The molecule has 0 aliphatic rings. The first-order valence-electron chi connectivity index (χ1n) is 5.95. The minimum absolute atomic E-state index is 0. The summed E-state index contributed by atoms with van der Waals surface area (Å²) in [6.07, 6.45) is 0. The van der Waals surface area contributed by atoms with E-state index in [2.05, 4.69) is 25.3 Å². The van der Waals surface area contributed by atoms with Crippen LogP contribution < -0.4 is 28.5 Å². The minimum atomic E-state index is -4.60. The van der Waals surface area contributed by atoms with E-state index in [9.17, 15) is 14.3 Å². The Morgan fingerprint density at radius 3 is 2.15 bits per heavy atom. The van der Waals surface area contributed by atoms with E-state index in [0.29, 0.717) is 0 Å². The SMILES string of the molecule is CCOP(=O)([O-])C(=O)Oc1ccc(C(C)(C)C)cc1.[Li+]. The fraction of sp³-hybridized carbons (Fsp3) is 0.462. The van der Waals surface area contributed by atoms with Gasteiger partial charge in [0, 0.05) is 0 Å². The number of rotatable bonds is 4. The maximum Gasteiger partial charge on any atom is 1.00 e. The number of hydrogen-bond acceptors (Lipinski definition) is 5. The van der Waals surface area contributed by atoms with Crippen LogP contribution in [0.5, 0.6) is 5.75 Å². The normalized spacial score (nSPS) is 14.1. The smallest absolute Gasteiger partial charge is 0.770 e. The third-order valence-corrected chi connectivity index (χ3v) is 3.58. The molecule has 1 aromatic carbocycles. The molecule has 7 heteroatoms. The van der Waals surface area contributed by atoms with Gasteiger partial charge in [-0.2, -0.15) is 0 Å². The zero-order valence-electron chi connectivity index (χ0n) is 12.5. The molecule has 1 atom stereocenters. The Labute approximate surface area is 131 Å². The molecule has 0 spiro atoms. The largest absolute Gasteiger partial charge is 1.00 e. The van der Waals surface area contributed by atoms with Crippen molar-refractivity contribution in [1.29, 1.82) is 0 Å². The zero-order chi connectivity index (χ0) is 14.7. The van der Waals surface area contributed by atoms with Crippen molar-refractivity contribution < 1.29 is 42.4 Å². The van der Waals surface area contributed by atoms with E-state index in [-0.39, 0.29) is 36.6 Å². The van der Waals surface area contributed by atoms with Gasteiger partial charge in [-0.3, -0.25) is 4.57 Å². The molecule has 0 saturated heterocycles. The van der Waals surface area contributed by atoms with Crippen molar-refractivity contribution in [3.63, 3.8) is 0 Å². The Balaban J connectivity index is 0.00000361. The Bertz CT molecular complexity index is 492. The summed E-state index contributed by atoms with van der Waals surface area (Å²) in [7, 11) is -4.60. The fourth-order valence-corrected chi connectivity index (χ4v) is 2.06. The van der Waals surface area contributed by atoms with Gasteiger partial charge >= 0.3 is 24.6 Å². The second-order valence-corrected chi connectivity index (χ2v) is 6.68. The predicted molar refractivity (Wildman–Crippen MR) is 70.4 cm³/mol. The Morgan fingerprint density at radius 1 is 1.25 bits per heavy atom. The van der Waals surface area contributed by atoms with E-state index in [1.54, 1.807) is 24.3 Å². The van der Waals surface area contributed by atoms with E-state index in [0.717, 1.165) is 5.56 Å². The molecular formula is C13H18LiO5P. The molecule has 5 nitrogen and oxygen atoms in total. The molecule has 0 saturated carbocycles. The molecule has 0 bridgehead atoms. The van der Waals surface area contributed by atoms with Crippen molar-refractivity contribution in [3.05, 3.63) is 29.8 Å². The summed E-state index contributed by atoms with van der Waals surface area (Å²) in [6, 6.07) is 6.70. The maximum absolute atomic E-state index is 11.4. The van der Waals surface area contributed by atoms with E-state index in [4.69, 9.17) is 4.74 Å². The van der Waals surface area contributed by atoms with Crippen LogP contribution in [0.25, 0.3) is 0 Å². The summed E-state index contributed by atoms with van der Waals surface area (Å²) in [4.78, 5) is 22.7. The number of benzene rings is 1. The van der Waals surface area contributed by atoms with E-state index < -0.39 is 13.3 Å². The quantitative estimate of drug-likeness (QED) is 0.580. The van der Waals surface area contributed by atoms with Gasteiger partial charge in [0.05, 0.1) is 6.61 Å². The number of carbonyl (C=O) groups is 1. The fourth-order valence-electron chi connectivity index (χ4n) is 1.40. The first-order chi connectivity index (χ1) is 8.66. The van der Waals surface area contributed by atoms with Crippen LogP contribution in [0.2, 0.25) is 0 Å². The van der Waals surface area contributed by atoms with Gasteiger partial charge in [-0.25, -0.2) is 4.79 Å². The maximum atomic E-state index is 11.4. The second-order valence-electron chi connectivity index (χ2n) is 5.06. The Kier molecular flexibility index (Phi) is 7.24. The second kappa shape index (κ2) is 7.45. The van der Waals surface area contributed by atoms with Crippen molar-refractivity contribution in [2.45, 2.75) is 33.1 Å². The molecule has 1 aromatic rings. The molecule has 0 fully saturated rings. The average Bonchev–Trinajstić information content (AvgIpc) is 2.28. The zero-order valence-corrected chi connectivity index (χ0v) is 13.4. The van der Waals surface area contributed by atoms with Gasteiger partial charge < -0.3 is 14.2 Å². The van der Waals surface area contributed by atoms with Gasteiger partial charge in [-0.1, -0.05) is 32.9 Å². The standard InChI is InChI=1S/C13H19O5P.Li/c1-5-17-19(15,16)12(14)18-11-8-6-10(7-9-11)13(2,3)4;/h6-9H,5H2,1-4H3,(H,15,16);/q;+1/p-1. The molecule has 0 heterocycles. The molecule has 1 unspecified atom stereocenters. The van der Waals surface area contributed by atoms with Gasteiger partial charge in [0.1, 0.15) is 5.75 Å². The van der Waals surface area contributed by atoms with Crippen LogP contribution in [0.15, 0.2) is 24.3 Å². The van der Waals surface area contributed by atoms with Crippen LogP contribution in [0.4, 0.5) is 4.79 Å². The third-order valence-electron chi connectivity index (χ3n) is 2.45. The summed E-state index contributed by atoms with van der Waals surface area (Å²) in [6.45, 7) is 7.54.